The third kappa shape index (κ3) is 16.3. The van der Waals surface area contributed by atoms with Crippen LogP contribution in [0.4, 0.5) is 9.59 Å². The van der Waals surface area contributed by atoms with Gasteiger partial charge in [-0.15, -0.1) is 0 Å². The molecule has 9 N–H and O–H groups in total. The topological polar surface area (TPSA) is 200 Å². The molecule has 0 aromatic carbocycles. The van der Waals surface area contributed by atoms with Gasteiger partial charge in [0.25, 0.3) is 0 Å². The molecule has 4 amide bonds. The zero-order valence-corrected chi connectivity index (χ0v) is 13.5. The summed E-state index contributed by atoms with van der Waals surface area (Å²) in [6.45, 7) is -0.227. The van der Waals surface area contributed by atoms with Crippen LogP contribution in [0.3, 0.4) is 0 Å². The first-order valence-corrected chi connectivity index (χ1v) is 7.34. The third-order valence-corrected chi connectivity index (χ3v) is 2.73. The summed E-state index contributed by atoms with van der Waals surface area (Å²) in [5, 5.41) is 29.4. The first-order chi connectivity index (χ1) is 11.3. The van der Waals surface area contributed by atoms with Crippen molar-refractivity contribution in [3.05, 3.63) is 0 Å². The van der Waals surface area contributed by atoms with E-state index in [1.165, 1.54) is 6.08 Å². The first-order valence-electron chi connectivity index (χ1n) is 7.34. The van der Waals surface area contributed by atoms with Gasteiger partial charge in [-0.05, 0) is 12.8 Å². The Morgan fingerprint density at radius 2 is 1.58 bits per heavy atom. The smallest absolute Gasteiger partial charge is 0.322 e. The lowest BCUT2D eigenvalue weighted by molar-refractivity contribution is 0.0697. The lowest BCUT2D eigenvalue weighted by Gasteiger charge is -2.20. The van der Waals surface area contributed by atoms with E-state index in [4.69, 9.17) is 26.8 Å². The van der Waals surface area contributed by atoms with Crippen LogP contribution in [0, 0.1) is 0 Å². The lowest BCUT2D eigenvalue weighted by Crippen LogP contribution is -2.50. The van der Waals surface area contributed by atoms with Crippen LogP contribution in [0.25, 0.3) is 0 Å². The number of isocyanates is 1. The Kier molecular flexibility index (Phi) is 16.0. The predicted octanol–water partition coefficient (Wildman–Crippen LogP) is -2.08. The highest BCUT2D eigenvalue weighted by atomic mass is 16.3. The normalized spacial score (nSPS) is 10.0. The molecule has 140 valence electrons. The van der Waals surface area contributed by atoms with Crippen molar-refractivity contribution in [1.29, 1.82) is 0 Å². The summed E-state index contributed by atoms with van der Waals surface area (Å²) < 4.78 is 0. The highest BCUT2D eigenvalue weighted by Crippen LogP contribution is 1.98. The fourth-order valence-corrected chi connectivity index (χ4v) is 1.22. The Labute approximate surface area is 140 Å². The molecule has 11 nitrogen and oxygen atoms in total. The van der Waals surface area contributed by atoms with Crippen LogP contribution in [0.5, 0.6) is 0 Å². The maximum absolute atomic E-state index is 10.8. The Bertz CT molecular complexity index is 388. The van der Waals surface area contributed by atoms with E-state index in [9.17, 15) is 14.4 Å². The van der Waals surface area contributed by atoms with Crippen molar-refractivity contribution in [2.75, 3.05) is 32.9 Å². The lowest BCUT2D eigenvalue weighted by atomic mass is 10.1. The number of imide groups is 1. The van der Waals surface area contributed by atoms with Gasteiger partial charge in [-0.1, -0.05) is 12.8 Å². The monoisotopic (exact) mass is 349 g/mol. The van der Waals surface area contributed by atoms with E-state index in [0.29, 0.717) is 13.1 Å². The first kappa shape index (κ1) is 24.2. The number of hydrogen-bond donors (Lipinski definition) is 7. The number of unbranched alkanes of at least 4 members (excludes halogenated alkanes) is 3. The SMILES string of the molecule is NC(=O)NC(=O)NCCCCCCN=C=O.NC(CO)(CO)CO. The summed E-state index contributed by atoms with van der Waals surface area (Å²) in [4.78, 5) is 34.2. The molecule has 0 aliphatic rings. The molecule has 0 aliphatic heterocycles. The van der Waals surface area contributed by atoms with Crippen molar-refractivity contribution >= 4 is 18.1 Å². The van der Waals surface area contributed by atoms with Gasteiger partial charge in [0.15, 0.2) is 0 Å². The van der Waals surface area contributed by atoms with Crippen LogP contribution in [-0.2, 0) is 4.79 Å². The fourth-order valence-electron chi connectivity index (χ4n) is 1.22. The van der Waals surface area contributed by atoms with Gasteiger partial charge in [-0.25, -0.2) is 19.4 Å². The second-order valence-electron chi connectivity index (χ2n) is 4.97. The molecule has 0 aromatic rings. The van der Waals surface area contributed by atoms with E-state index < -0.39 is 37.4 Å². The molecule has 0 spiro atoms. The molecule has 0 unspecified atom stereocenters. The Balaban J connectivity index is 0. The van der Waals surface area contributed by atoms with Gasteiger partial charge in [0.05, 0.1) is 31.9 Å². The number of nitrogens with one attached hydrogen (secondary N) is 2. The van der Waals surface area contributed by atoms with E-state index >= 15 is 0 Å². The largest absolute Gasteiger partial charge is 0.394 e. The van der Waals surface area contributed by atoms with Crippen LogP contribution < -0.4 is 22.1 Å². The van der Waals surface area contributed by atoms with Crippen molar-refractivity contribution in [3.8, 4) is 0 Å². The molecule has 0 heterocycles. The van der Waals surface area contributed by atoms with Gasteiger partial charge in [0.1, 0.15) is 0 Å². The number of hydrogen-bond acceptors (Lipinski definition) is 8. The molecule has 0 saturated carbocycles. The van der Waals surface area contributed by atoms with Crippen LogP contribution in [0.2, 0.25) is 0 Å². The molecule has 0 atom stereocenters. The molecule has 0 rings (SSSR count). The zero-order valence-electron chi connectivity index (χ0n) is 13.5. The summed E-state index contributed by atoms with van der Waals surface area (Å²) in [5.74, 6) is 0. The number of nitrogens with zero attached hydrogens (tertiary/aromatic N) is 1. The van der Waals surface area contributed by atoms with E-state index in [1.807, 2.05) is 5.32 Å². The number of rotatable bonds is 10. The maximum Gasteiger partial charge on any atom is 0.322 e. The highest BCUT2D eigenvalue weighted by molar-refractivity contribution is 5.92. The van der Waals surface area contributed by atoms with E-state index in [2.05, 4.69) is 10.3 Å². The standard InChI is InChI=1S/C9H16N4O3.C4H11NO3/c10-8(15)13-9(16)12-6-4-2-1-3-5-11-7-14;5-4(1-6,2-7)3-8/h1-6H2,(H4,10,12,13,15,16);6-8H,1-3,5H2. The number of aliphatic hydroxyl groups excluding tert-OH is 3. The van der Waals surface area contributed by atoms with Crippen LogP contribution in [-0.4, -0.2) is 71.9 Å². The minimum atomic E-state index is -1.21. The van der Waals surface area contributed by atoms with Gasteiger partial charge >= 0.3 is 12.1 Å². The molecule has 24 heavy (non-hydrogen) atoms. The minimum Gasteiger partial charge on any atom is -0.394 e. The molecule has 0 saturated heterocycles. The fraction of sp³-hybridized carbons (Fsp3) is 0.769. The number of amides is 4. The summed E-state index contributed by atoms with van der Waals surface area (Å²) >= 11 is 0. The predicted molar refractivity (Wildman–Crippen MR) is 85.8 cm³/mol. The van der Waals surface area contributed by atoms with E-state index in [-0.39, 0.29) is 0 Å². The Morgan fingerprint density at radius 3 is 2.00 bits per heavy atom. The number of aliphatic imine (C=N–C) groups is 1. The van der Waals surface area contributed by atoms with E-state index in [0.717, 1.165) is 25.7 Å². The Morgan fingerprint density at radius 1 is 1.04 bits per heavy atom. The molecule has 0 fully saturated rings. The van der Waals surface area contributed by atoms with Crippen LogP contribution in [0.1, 0.15) is 25.7 Å². The van der Waals surface area contributed by atoms with Gasteiger partial charge < -0.3 is 32.1 Å². The minimum absolute atomic E-state index is 0.403. The molecule has 0 aromatic heterocycles. The number of nitrogens with two attached hydrogens (primary N) is 2. The van der Waals surface area contributed by atoms with Crippen LogP contribution in [0.15, 0.2) is 4.99 Å². The quantitative estimate of drug-likeness (QED) is 0.133. The maximum atomic E-state index is 10.8. The summed E-state index contributed by atoms with van der Waals surface area (Å²) in [6, 6.07) is -1.46. The molecule has 11 heteroatoms. The van der Waals surface area contributed by atoms with Gasteiger partial charge in [0, 0.05) is 6.54 Å². The zero-order chi connectivity index (χ0) is 18.8. The van der Waals surface area contributed by atoms with Gasteiger partial charge in [-0.2, -0.15) is 0 Å². The average Bonchev–Trinajstić information content (AvgIpc) is 2.56. The molecular formula is C13H27N5O6. The van der Waals surface area contributed by atoms with Crippen molar-refractivity contribution in [3.63, 3.8) is 0 Å². The number of aliphatic hydroxyl groups is 3. The van der Waals surface area contributed by atoms with E-state index in [1.54, 1.807) is 0 Å². The van der Waals surface area contributed by atoms with Crippen molar-refractivity contribution in [1.82, 2.24) is 10.6 Å². The van der Waals surface area contributed by atoms with Crippen molar-refractivity contribution < 1.29 is 29.7 Å². The average molecular weight is 349 g/mol. The number of carbonyl (C=O) groups is 2. The molecule has 0 bridgehead atoms. The Hall–Kier alpha value is -2.04. The number of urea groups is 2. The third-order valence-electron chi connectivity index (χ3n) is 2.73. The van der Waals surface area contributed by atoms with Gasteiger partial charge in [-0.3, -0.25) is 5.32 Å². The number of carbonyl (C=O) groups excluding carboxylic acids is 3. The molecule has 0 aliphatic carbocycles. The van der Waals surface area contributed by atoms with Crippen molar-refractivity contribution in [2.24, 2.45) is 16.5 Å². The second-order valence-corrected chi connectivity index (χ2v) is 4.97. The summed E-state index contributed by atoms with van der Waals surface area (Å²) in [7, 11) is 0. The molecular weight excluding hydrogens is 322 g/mol. The van der Waals surface area contributed by atoms with Gasteiger partial charge in [0.2, 0.25) is 6.08 Å². The number of primary amides is 1. The molecule has 0 radical (unpaired) electrons. The highest BCUT2D eigenvalue weighted by Gasteiger charge is 2.20. The summed E-state index contributed by atoms with van der Waals surface area (Å²) in [5.41, 5.74) is 8.68. The van der Waals surface area contributed by atoms with Crippen LogP contribution >= 0.6 is 0 Å². The summed E-state index contributed by atoms with van der Waals surface area (Å²) in [6.07, 6.45) is 4.96. The second kappa shape index (κ2) is 15.8. The van der Waals surface area contributed by atoms with Crippen molar-refractivity contribution in [2.45, 2.75) is 31.2 Å².